The van der Waals surface area contributed by atoms with Gasteiger partial charge in [-0.1, -0.05) is 28.1 Å². The molecule has 0 spiro atoms. The van der Waals surface area contributed by atoms with Crippen LogP contribution in [0.2, 0.25) is 0 Å². The molecule has 0 aliphatic heterocycles. The van der Waals surface area contributed by atoms with Gasteiger partial charge in [-0.2, -0.15) is 5.26 Å². The third kappa shape index (κ3) is 2.83. The number of rotatable bonds is 2. The summed E-state index contributed by atoms with van der Waals surface area (Å²) in [6, 6.07) is 13.6. The number of halogens is 2. The topological polar surface area (TPSA) is 35.8 Å². The number of para-hydroxylation sites is 1. The third-order valence-corrected chi connectivity index (χ3v) is 2.64. The van der Waals surface area contributed by atoms with Crippen molar-refractivity contribution in [1.82, 2.24) is 0 Å². The first kappa shape index (κ1) is 11.6. The molecule has 0 amide bonds. The molecule has 4 heteroatoms. The Labute approximate surface area is 107 Å². The van der Waals surface area contributed by atoms with Crippen LogP contribution in [0.25, 0.3) is 0 Å². The van der Waals surface area contributed by atoms with Crippen molar-refractivity contribution in [3.05, 3.63) is 58.3 Å². The first-order valence-electron chi connectivity index (χ1n) is 4.91. The lowest BCUT2D eigenvalue weighted by atomic mass is 10.2. The van der Waals surface area contributed by atoms with E-state index < -0.39 is 0 Å². The smallest absolute Gasteiger partial charge is 0.146 e. The number of nitrogens with zero attached hydrogens (tertiary/aromatic N) is 1. The summed E-state index contributed by atoms with van der Waals surface area (Å²) in [5, 5.41) is 11.8. The van der Waals surface area contributed by atoms with Crippen molar-refractivity contribution in [3.8, 4) is 6.07 Å². The Balaban J connectivity index is 2.34. The molecule has 2 rings (SSSR count). The fraction of sp³-hybridized carbons (Fsp3) is 0. The number of hydrogen-bond donors (Lipinski definition) is 1. The van der Waals surface area contributed by atoms with Crippen molar-refractivity contribution in [2.24, 2.45) is 0 Å². The van der Waals surface area contributed by atoms with Gasteiger partial charge in [0, 0.05) is 10.2 Å². The third-order valence-electron chi connectivity index (χ3n) is 2.18. The minimum absolute atomic E-state index is 0.328. The SMILES string of the molecule is N#Cc1cc(Br)cc(Nc2ccccc2F)c1. The van der Waals surface area contributed by atoms with Crippen molar-refractivity contribution in [2.75, 3.05) is 5.32 Å². The number of nitriles is 1. The minimum Gasteiger partial charge on any atom is -0.353 e. The standard InChI is InChI=1S/C13H8BrFN2/c14-10-5-9(8-16)6-11(7-10)17-13-4-2-1-3-12(13)15/h1-7,17H. The van der Waals surface area contributed by atoms with E-state index in [9.17, 15) is 4.39 Å². The van der Waals surface area contributed by atoms with Gasteiger partial charge >= 0.3 is 0 Å². The molecule has 17 heavy (non-hydrogen) atoms. The number of benzene rings is 2. The second-order valence-corrected chi connectivity index (χ2v) is 4.36. The van der Waals surface area contributed by atoms with Crippen LogP contribution in [-0.4, -0.2) is 0 Å². The van der Waals surface area contributed by atoms with Crippen LogP contribution in [-0.2, 0) is 0 Å². The van der Waals surface area contributed by atoms with E-state index in [1.54, 1.807) is 36.4 Å². The fourth-order valence-electron chi connectivity index (χ4n) is 1.44. The lowest BCUT2D eigenvalue weighted by Gasteiger charge is -2.08. The van der Waals surface area contributed by atoms with E-state index in [1.165, 1.54) is 6.07 Å². The van der Waals surface area contributed by atoms with Gasteiger partial charge in [0.05, 0.1) is 17.3 Å². The van der Waals surface area contributed by atoms with Crippen LogP contribution in [0.3, 0.4) is 0 Å². The van der Waals surface area contributed by atoms with Crippen LogP contribution >= 0.6 is 15.9 Å². The van der Waals surface area contributed by atoms with E-state index in [0.717, 1.165) is 4.47 Å². The first-order valence-corrected chi connectivity index (χ1v) is 5.70. The van der Waals surface area contributed by atoms with Crippen molar-refractivity contribution >= 4 is 27.3 Å². The number of hydrogen-bond acceptors (Lipinski definition) is 2. The van der Waals surface area contributed by atoms with Gasteiger partial charge in [-0.25, -0.2) is 4.39 Å². The summed E-state index contributed by atoms with van der Waals surface area (Å²) in [4.78, 5) is 0. The van der Waals surface area contributed by atoms with Crippen molar-refractivity contribution in [3.63, 3.8) is 0 Å². The van der Waals surface area contributed by atoms with Gasteiger partial charge in [-0.3, -0.25) is 0 Å². The van der Waals surface area contributed by atoms with Gasteiger partial charge in [0.1, 0.15) is 5.82 Å². The summed E-state index contributed by atoms with van der Waals surface area (Å²) in [6.07, 6.45) is 0. The van der Waals surface area contributed by atoms with Crippen LogP contribution in [0.15, 0.2) is 46.9 Å². The Morgan fingerprint density at radius 1 is 1.18 bits per heavy atom. The summed E-state index contributed by atoms with van der Waals surface area (Å²) in [7, 11) is 0. The van der Waals surface area contributed by atoms with E-state index in [0.29, 0.717) is 16.9 Å². The molecule has 0 atom stereocenters. The van der Waals surface area contributed by atoms with Crippen LogP contribution in [0.1, 0.15) is 5.56 Å². The van der Waals surface area contributed by atoms with E-state index in [2.05, 4.69) is 21.2 Å². The lowest BCUT2D eigenvalue weighted by Crippen LogP contribution is -1.94. The van der Waals surface area contributed by atoms with E-state index in [1.807, 2.05) is 6.07 Å². The van der Waals surface area contributed by atoms with Crippen LogP contribution in [0.4, 0.5) is 15.8 Å². The predicted molar refractivity (Wildman–Crippen MR) is 68.5 cm³/mol. The maximum atomic E-state index is 13.4. The quantitative estimate of drug-likeness (QED) is 0.900. The normalized spacial score (nSPS) is 9.71. The predicted octanol–water partition coefficient (Wildman–Crippen LogP) is 4.20. The molecule has 0 saturated heterocycles. The van der Waals surface area contributed by atoms with E-state index >= 15 is 0 Å². The Hall–Kier alpha value is -1.86. The molecule has 0 unspecified atom stereocenters. The second-order valence-electron chi connectivity index (χ2n) is 3.45. The molecule has 0 radical (unpaired) electrons. The Kier molecular flexibility index (Phi) is 3.40. The van der Waals surface area contributed by atoms with Gasteiger partial charge in [0.2, 0.25) is 0 Å². The van der Waals surface area contributed by atoms with Gasteiger partial charge in [-0.15, -0.1) is 0 Å². The summed E-state index contributed by atoms with van der Waals surface area (Å²) < 4.78 is 14.2. The zero-order valence-corrected chi connectivity index (χ0v) is 10.3. The molecule has 1 N–H and O–H groups in total. The molecule has 0 aliphatic rings. The molecule has 0 bridgehead atoms. The molecule has 2 aromatic carbocycles. The lowest BCUT2D eigenvalue weighted by molar-refractivity contribution is 0.632. The molecule has 0 fully saturated rings. The second kappa shape index (κ2) is 4.98. The largest absolute Gasteiger partial charge is 0.353 e. The van der Waals surface area contributed by atoms with Gasteiger partial charge < -0.3 is 5.32 Å². The highest BCUT2D eigenvalue weighted by atomic mass is 79.9. The summed E-state index contributed by atoms with van der Waals surface area (Å²) in [5.41, 5.74) is 1.56. The minimum atomic E-state index is -0.328. The monoisotopic (exact) mass is 290 g/mol. The molecule has 2 aromatic rings. The molecular formula is C13H8BrFN2. The fourth-order valence-corrected chi connectivity index (χ4v) is 1.94. The zero-order valence-electron chi connectivity index (χ0n) is 8.74. The highest BCUT2D eigenvalue weighted by Gasteiger charge is 2.03. The molecule has 0 saturated carbocycles. The molecule has 0 aromatic heterocycles. The van der Waals surface area contributed by atoms with Crippen molar-refractivity contribution in [2.45, 2.75) is 0 Å². The van der Waals surface area contributed by atoms with Crippen LogP contribution in [0.5, 0.6) is 0 Å². The molecule has 84 valence electrons. The summed E-state index contributed by atoms with van der Waals surface area (Å²) in [6.45, 7) is 0. The number of anilines is 2. The Bertz CT molecular complexity index is 590. The van der Waals surface area contributed by atoms with Gasteiger partial charge in [0.15, 0.2) is 0 Å². The van der Waals surface area contributed by atoms with E-state index in [4.69, 9.17) is 5.26 Å². The average molecular weight is 291 g/mol. The molecule has 2 nitrogen and oxygen atoms in total. The molecule has 0 aliphatic carbocycles. The van der Waals surface area contributed by atoms with Gasteiger partial charge in [-0.05, 0) is 30.3 Å². The van der Waals surface area contributed by atoms with Crippen LogP contribution in [0, 0.1) is 17.1 Å². The number of nitrogens with one attached hydrogen (secondary N) is 1. The maximum absolute atomic E-state index is 13.4. The first-order chi connectivity index (χ1) is 8.19. The average Bonchev–Trinajstić information content (AvgIpc) is 2.31. The molecular weight excluding hydrogens is 283 g/mol. The van der Waals surface area contributed by atoms with Crippen molar-refractivity contribution < 1.29 is 4.39 Å². The maximum Gasteiger partial charge on any atom is 0.146 e. The Morgan fingerprint density at radius 2 is 1.94 bits per heavy atom. The van der Waals surface area contributed by atoms with E-state index in [-0.39, 0.29) is 5.82 Å². The molecule has 0 heterocycles. The van der Waals surface area contributed by atoms with Crippen molar-refractivity contribution in [1.29, 1.82) is 5.26 Å². The highest BCUT2D eigenvalue weighted by Crippen LogP contribution is 2.24. The summed E-state index contributed by atoms with van der Waals surface area (Å²) >= 11 is 3.30. The van der Waals surface area contributed by atoms with Gasteiger partial charge in [0.25, 0.3) is 0 Å². The summed E-state index contributed by atoms with van der Waals surface area (Å²) in [5.74, 6) is -0.328. The zero-order chi connectivity index (χ0) is 12.3. The van der Waals surface area contributed by atoms with Crippen LogP contribution < -0.4 is 5.32 Å². The highest BCUT2D eigenvalue weighted by molar-refractivity contribution is 9.10. The Morgan fingerprint density at radius 3 is 2.65 bits per heavy atom.